The number of aliphatic imine (C=N–C) groups is 1. The van der Waals surface area contributed by atoms with Crippen molar-refractivity contribution in [3.8, 4) is 0 Å². The van der Waals surface area contributed by atoms with Crippen LogP contribution in [-0.4, -0.2) is 96.0 Å². The molecule has 0 aromatic carbocycles. The summed E-state index contributed by atoms with van der Waals surface area (Å²) in [6, 6.07) is -1.07. The number of fused-ring (bicyclic) bond motifs is 1. The maximum atomic E-state index is 14.1. The van der Waals surface area contributed by atoms with E-state index in [1.54, 1.807) is 7.05 Å². The molecule has 1 amide bonds. The molecule has 4 aliphatic rings. The van der Waals surface area contributed by atoms with E-state index in [1.807, 2.05) is 0 Å². The average Bonchev–Trinajstić information content (AvgIpc) is 3.34. The number of halogens is 3. The number of hydrogen-bond acceptors (Lipinski definition) is 9. The third-order valence-electron chi connectivity index (χ3n) is 7.34. The molecule has 0 bridgehead atoms. The number of ether oxygens (including phenoxy) is 1. The van der Waals surface area contributed by atoms with Gasteiger partial charge in [-0.3, -0.25) is 15.1 Å². The van der Waals surface area contributed by atoms with E-state index in [1.165, 1.54) is 11.2 Å². The third kappa shape index (κ3) is 5.65. The summed E-state index contributed by atoms with van der Waals surface area (Å²) in [4.78, 5) is 19.2. The van der Waals surface area contributed by atoms with Gasteiger partial charge in [0, 0.05) is 32.5 Å². The number of carbonyl (C=O) groups excluding carboxylic acids is 1. The van der Waals surface area contributed by atoms with Gasteiger partial charge in [0.25, 0.3) is 0 Å². The van der Waals surface area contributed by atoms with Crippen LogP contribution in [0.1, 0.15) is 39.0 Å². The van der Waals surface area contributed by atoms with Crippen molar-refractivity contribution in [2.24, 2.45) is 16.8 Å². The molecule has 2 aliphatic carbocycles. The molecule has 34 heavy (non-hydrogen) atoms. The van der Waals surface area contributed by atoms with Crippen molar-refractivity contribution in [3.63, 3.8) is 0 Å². The number of rotatable bonds is 7. The standard InChI is InChI=1S/C21H35F3N6O4/c1-21(23,24)34-14-6-3-11(22)7-10(14)8-30(2)20(33)16-15-18(25-9-26-19(15)29-28-16)27-12-4-5-13(31)17(12)32/h9-19,27-29,31-32H,3-8H2,1-2H3,(H,25,26)/t10?,11?,12-,13-,14?,15?,16?,17+,18?,19?/m1/s1. The summed E-state index contributed by atoms with van der Waals surface area (Å²) in [6.07, 6.45) is -4.88. The van der Waals surface area contributed by atoms with Gasteiger partial charge in [0.15, 0.2) is 0 Å². The maximum Gasteiger partial charge on any atom is 0.353 e. The number of hydrazine groups is 1. The molecule has 0 aromatic rings. The van der Waals surface area contributed by atoms with E-state index in [4.69, 9.17) is 4.74 Å². The van der Waals surface area contributed by atoms with Gasteiger partial charge < -0.3 is 25.2 Å². The van der Waals surface area contributed by atoms with Gasteiger partial charge in [-0.2, -0.15) is 8.78 Å². The summed E-state index contributed by atoms with van der Waals surface area (Å²) in [5.74, 6) is -1.22. The molecule has 10 nitrogen and oxygen atoms in total. The monoisotopic (exact) mass is 492 g/mol. The number of amides is 1. The van der Waals surface area contributed by atoms with E-state index in [0.29, 0.717) is 19.8 Å². The Morgan fingerprint density at radius 2 is 2.03 bits per heavy atom. The van der Waals surface area contributed by atoms with Crippen LogP contribution in [0.5, 0.6) is 0 Å². The molecular weight excluding hydrogens is 457 g/mol. The maximum absolute atomic E-state index is 14.1. The molecule has 3 fully saturated rings. The first-order valence-corrected chi connectivity index (χ1v) is 11.9. The lowest BCUT2D eigenvalue weighted by atomic mass is 9.84. The lowest BCUT2D eigenvalue weighted by Crippen LogP contribution is -2.59. The fourth-order valence-corrected chi connectivity index (χ4v) is 5.60. The van der Waals surface area contributed by atoms with Crippen LogP contribution in [-0.2, 0) is 9.53 Å². The zero-order chi connectivity index (χ0) is 24.6. The molecule has 1 saturated heterocycles. The molecule has 13 heteroatoms. The van der Waals surface area contributed by atoms with Gasteiger partial charge >= 0.3 is 6.11 Å². The highest BCUT2D eigenvalue weighted by Crippen LogP contribution is 2.34. The number of aliphatic hydroxyl groups is 2. The van der Waals surface area contributed by atoms with E-state index in [2.05, 4.69) is 26.5 Å². The van der Waals surface area contributed by atoms with Crippen LogP contribution in [0.25, 0.3) is 0 Å². The number of aliphatic hydroxyl groups excluding tert-OH is 2. The largest absolute Gasteiger partial charge is 0.390 e. The quantitative estimate of drug-likeness (QED) is 0.279. The zero-order valence-corrected chi connectivity index (χ0v) is 19.3. The van der Waals surface area contributed by atoms with Crippen LogP contribution in [0.15, 0.2) is 4.99 Å². The topological polar surface area (TPSA) is 130 Å². The lowest BCUT2D eigenvalue weighted by Gasteiger charge is -2.38. The van der Waals surface area contributed by atoms with Crippen LogP contribution in [0.3, 0.4) is 0 Å². The zero-order valence-electron chi connectivity index (χ0n) is 19.3. The van der Waals surface area contributed by atoms with Gasteiger partial charge in [0.05, 0.1) is 36.7 Å². The smallest absolute Gasteiger partial charge is 0.353 e. The van der Waals surface area contributed by atoms with Gasteiger partial charge in [-0.05, 0) is 32.1 Å². The summed E-state index contributed by atoms with van der Waals surface area (Å²) in [6.45, 7) is 0.747. The van der Waals surface area contributed by atoms with Crippen molar-refractivity contribution >= 4 is 12.2 Å². The Morgan fingerprint density at radius 3 is 2.71 bits per heavy atom. The molecular formula is C21H35F3N6O4. The van der Waals surface area contributed by atoms with Crippen LogP contribution in [0.2, 0.25) is 0 Å². The van der Waals surface area contributed by atoms with Crippen molar-refractivity contribution in [2.45, 2.75) is 94.0 Å². The van der Waals surface area contributed by atoms with Gasteiger partial charge in [-0.25, -0.2) is 15.2 Å². The Bertz CT molecular complexity index is 759. The number of nitrogens with one attached hydrogen (secondary N) is 4. The van der Waals surface area contributed by atoms with Gasteiger partial charge in [0.1, 0.15) is 18.4 Å². The van der Waals surface area contributed by atoms with E-state index < -0.39 is 48.7 Å². The van der Waals surface area contributed by atoms with E-state index in [-0.39, 0.29) is 49.8 Å². The van der Waals surface area contributed by atoms with Gasteiger partial charge in [-0.15, -0.1) is 0 Å². The number of nitrogens with zero attached hydrogens (tertiary/aromatic N) is 2. The van der Waals surface area contributed by atoms with E-state index >= 15 is 0 Å². The fraction of sp³-hybridized carbons (Fsp3) is 0.905. The highest BCUT2D eigenvalue weighted by atomic mass is 19.3. The van der Waals surface area contributed by atoms with Crippen LogP contribution in [0.4, 0.5) is 13.2 Å². The summed E-state index contributed by atoms with van der Waals surface area (Å²) in [5.41, 5.74) is 6.02. The van der Waals surface area contributed by atoms with Gasteiger partial charge in [-0.1, -0.05) is 0 Å². The minimum atomic E-state index is -3.33. The van der Waals surface area contributed by atoms with Crippen LogP contribution >= 0.6 is 0 Å². The van der Waals surface area contributed by atoms with E-state index in [0.717, 1.165) is 0 Å². The highest BCUT2D eigenvalue weighted by Gasteiger charge is 2.49. The number of hydrogen-bond donors (Lipinski definition) is 6. The first kappa shape index (κ1) is 25.6. The highest BCUT2D eigenvalue weighted by molar-refractivity contribution is 5.83. The molecule has 2 aliphatic heterocycles. The first-order valence-electron chi connectivity index (χ1n) is 11.9. The molecule has 4 rings (SSSR count). The van der Waals surface area contributed by atoms with Crippen molar-refractivity contribution in [2.75, 3.05) is 13.6 Å². The molecule has 10 atom stereocenters. The summed E-state index contributed by atoms with van der Waals surface area (Å²) >= 11 is 0. The molecule has 0 aromatic heterocycles. The predicted octanol–water partition coefficient (Wildman–Crippen LogP) is -0.569. The number of likely N-dealkylation sites (N-methyl/N-ethyl adjacent to an activating group) is 1. The molecule has 0 spiro atoms. The molecule has 194 valence electrons. The Hall–Kier alpha value is -1.51. The Labute approximate surface area is 196 Å². The normalized spacial score (nSPS) is 42.3. The minimum Gasteiger partial charge on any atom is -0.390 e. The minimum absolute atomic E-state index is 0.0543. The summed E-state index contributed by atoms with van der Waals surface area (Å²) < 4.78 is 46.0. The second kappa shape index (κ2) is 10.2. The molecule has 0 radical (unpaired) electrons. The van der Waals surface area contributed by atoms with Crippen molar-refractivity contribution < 1.29 is 32.9 Å². The van der Waals surface area contributed by atoms with Crippen molar-refractivity contribution in [3.05, 3.63) is 0 Å². The second-order valence-electron chi connectivity index (χ2n) is 9.97. The third-order valence-corrected chi connectivity index (χ3v) is 7.34. The lowest BCUT2D eigenvalue weighted by molar-refractivity contribution is -0.265. The van der Waals surface area contributed by atoms with Crippen LogP contribution in [0, 0.1) is 11.8 Å². The van der Waals surface area contributed by atoms with E-state index in [9.17, 15) is 28.2 Å². The number of alkyl halides is 3. The van der Waals surface area contributed by atoms with Crippen LogP contribution < -0.4 is 21.5 Å². The predicted molar refractivity (Wildman–Crippen MR) is 116 cm³/mol. The Balaban J connectivity index is 1.42. The molecule has 7 unspecified atom stereocenters. The first-order chi connectivity index (χ1) is 16.0. The van der Waals surface area contributed by atoms with Crippen molar-refractivity contribution in [1.29, 1.82) is 0 Å². The SMILES string of the molecule is CN(CC1CC(F)CCC1OC(C)(F)F)C(=O)C1NNC2NC=NC(N[C@@H]3CC[C@@H](O)[C@H]3O)C21. The second-order valence-corrected chi connectivity index (χ2v) is 9.97. The number of carbonyl (C=O) groups is 1. The molecule has 6 N–H and O–H groups in total. The van der Waals surface area contributed by atoms with Gasteiger partial charge in [0.2, 0.25) is 5.91 Å². The summed E-state index contributed by atoms with van der Waals surface area (Å²) in [5, 5.41) is 26.4. The van der Waals surface area contributed by atoms with Crippen molar-refractivity contribution in [1.82, 2.24) is 26.4 Å². The Kier molecular flexibility index (Phi) is 7.70. The molecule has 2 saturated carbocycles. The molecule has 2 heterocycles. The average molecular weight is 493 g/mol. The Morgan fingerprint density at radius 1 is 1.26 bits per heavy atom. The fourth-order valence-electron chi connectivity index (χ4n) is 5.60. The summed E-state index contributed by atoms with van der Waals surface area (Å²) in [7, 11) is 1.57.